The number of carbonyl (C=O) groups is 1. The Morgan fingerprint density at radius 2 is 2.00 bits per heavy atom. The minimum Gasteiger partial charge on any atom is -0.481 e. The van der Waals surface area contributed by atoms with Crippen LogP contribution < -0.4 is 0 Å². The lowest BCUT2D eigenvalue weighted by Crippen LogP contribution is -2.14. The molecule has 0 atom stereocenters. The smallest absolute Gasteiger partial charge is 0.304 e. The van der Waals surface area contributed by atoms with Gasteiger partial charge in [-0.1, -0.05) is 6.92 Å². The highest BCUT2D eigenvalue weighted by molar-refractivity contribution is 7.99. The van der Waals surface area contributed by atoms with Gasteiger partial charge in [0.05, 0.1) is 6.42 Å². The van der Waals surface area contributed by atoms with Crippen LogP contribution in [0, 0.1) is 5.92 Å². The minimum atomic E-state index is -0.670. The second-order valence-corrected chi connectivity index (χ2v) is 5.30. The third kappa shape index (κ3) is 4.55. The van der Waals surface area contributed by atoms with E-state index in [1.54, 1.807) is 0 Å². The van der Waals surface area contributed by atoms with Crippen molar-refractivity contribution in [3.8, 4) is 0 Å². The summed E-state index contributed by atoms with van der Waals surface area (Å²) in [5.41, 5.74) is 0. The molecule has 0 unspecified atom stereocenters. The second kappa shape index (κ2) is 5.53. The van der Waals surface area contributed by atoms with Gasteiger partial charge >= 0.3 is 5.97 Å². The molecule has 2 nitrogen and oxygen atoms in total. The summed E-state index contributed by atoms with van der Waals surface area (Å²) in [7, 11) is 0. The van der Waals surface area contributed by atoms with Crippen molar-refractivity contribution in [3.63, 3.8) is 0 Å². The fourth-order valence-corrected chi connectivity index (χ4v) is 2.94. The van der Waals surface area contributed by atoms with E-state index in [4.69, 9.17) is 5.11 Å². The molecule has 0 aromatic heterocycles. The lowest BCUT2D eigenvalue weighted by Gasteiger charge is -2.25. The Morgan fingerprint density at radius 3 is 2.54 bits per heavy atom. The summed E-state index contributed by atoms with van der Waals surface area (Å²) in [6, 6.07) is 0. The predicted molar refractivity (Wildman–Crippen MR) is 56.1 cm³/mol. The zero-order valence-corrected chi connectivity index (χ0v) is 8.98. The fourth-order valence-electron chi connectivity index (χ4n) is 1.71. The van der Waals surface area contributed by atoms with Crippen LogP contribution in [0.4, 0.5) is 0 Å². The van der Waals surface area contributed by atoms with E-state index >= 15 is 0 Å². The Kier molecular flexibility index (Phi) is 4.64. The van der Waals surface area contributed by atoms with E-state index in [9.17, 15) is 4.79 Å². The molecule has 0 bridgehead atoms. The maximum absolute atomic E-state index is 10.3. The van der Waals surface area contributed by atoms with Crippen LogP contribution in [0.15, 0.2) is 0 Å². The SMILES string of the molecule is CC1CCC(SCCC(=O)O)CC1. The van der Waals surface area contributed by atoms with Crippen LogP contribution in [-0.4, -0.2) is 22.1 Å². The summed E-state index contributed by atoms with van der Waals surface area (Å²) >= 11 is 1.85. The molecule has 3 heteroatoms. The molecule has 0 heterocycles. The molecule has 1 saturated carbocycles. The fraction of sp³-hybridized carbons (Fsp3) is 0.900. The van der Waals surface area contributed by atoms with Crippen molar-refractivity contribution < 1.29 is 9.90 Å². The molecule has 0 aromatic carbocycles. The molecule has 0 aliphatic heterocycles. The number of carboxylic acid groups (broad SMARTS) is 1. The lowest BCUT2D eigenvalue weighted by atomic mass is 9.91. The van der Waals surface area contributed by atoms with Crippen molar-refractivity contribution in [1.29, 1.82) is 0 Å². The normalized spacial score (nSPS) is 28.7. The van der Waals surface area contributed by atoms with Gasteiger partial charge in [0.2, 0.25) is 0 Å². The van der Waals surface area contributed by atoms with Gasteiger partial charge in [0.1, 0.15) is 0 Å². The molecular formula is C10H18O2S. The predicted octanol–water partition coefficient (Wildman–Crippen LogP) is 2.77. The van der Waals surface area contributed by atoms with Gasteiger partial charge in [0.15, 0.2) is 0 Å². The summed E-state index contributed by atoms with van der Waals surface area (Å²) in [4.78, 5) is 10.3. The third-order valence-electron chi connectivity index (χ3n) is 2.63. The molecule has 0 amide bonds. The van der Waals surface area contributed by atoms with Gasteiger partial charge in [-0.25, -0.2) is 0 Å². The minimum absolute atomic E-state index is 0.316. The highest BCUT2D eigenvalue weighted by Crippen LogP contribution is 2.31. The van der Waals surface area contributed by atoms with E-state index in [0.29, 0.717) is 6.42 Å². The van der Waals surface area contributed by atoms with Crippen LogP contribution in [-0.2, 0) is 4.79 Å². The van der Waals surface area contributed by atoms with E-state index < -0.39 is 5.97 Å². The Labute approximate surface area is 84.1 Å². The first-order valence-electron chi connectivity index (χ1n) is 5.02. The number of hydrogen-bond donors (Lipinski definition) is 1. The van der Waals surface area contributed by atoms with Crippen molar-refractivity contribution in [2.24, 2.45) is 5.92 Å². The average molecular weight is 202 g/mol. The zero-order valence-electron chi connectivity index (χ0n) is 8.16. The first-order valence-corrected chi connectivity index (χ1v) is 6.06. The molecule has 1 N–H and O–H groups in total. The zero-order chi connectivity index (χ0) is 9.68. The highest BCUT2D eigenvalue weighted by atomic mass is 32.2. The molecule has 1 rings (SSSR count). The van der Waals surface area contributed by atoms with Gasteiger partial charge in [-0.2, -0.15) is 11.8 Å². The van der Waals surface area contributed by atoms with Crippen molar-refractivity contribution in [2.75, 3.05) is 5.75 Å². The molecule has 1 fully saturated rings. The van der Waals surface area contributed by atoms with Crippen LogP contribution in [0.5, 0.6) is 0 Å². The second-order valence-electron chi connectivity index (χ2n) is 3.90. The Hall–Kier alpha value is -0.180. The van der Waals surface area contributed by atoms with Crippen LogP contribution in [0.1, 0.15) is 39.0 Å². The molecule has 0 saturated heterocycles. The standard InChI is InChI=1S/C10H18O2S/c1-8-2-4-9(5-3-8)13-7-6-10(11)12/h8-9H,2-7H2,1H3,(H,11,12). The monoisotopic (exact) mass is 202 g/mol. The molecule has 0 spiro atoms. The number of thioether (sulfide) groups is 1. The molecule has 1 aliphatic rings. The number of hydrogen-bond acceptors (Lipinski definition) is 2. The Balaban J connectivity index is 2.05. The van der Waals surface area contributed by atoms with Crippen LogP contribution >= 0.6 is 11.8 Å². The van der Waals surface area contributed by atoms with E-state index in [0.717, 1.165) is 16.9 Å². The average Bonchev–Trinajstić information content (AvgIpc) is 2.08. The van der Waals surface area contributed by atoms with E-state index in [1.807, 2.05) is 11.8 Å². The van der Waals surface area contributed by atoms with Gasteiger partial charge in [0, 0.05) is 11.0 Å². The molecule has 13 heavy (non-hydrogen) atoms. The first-order chi connectivity index (χ1) is 6.18. The summed E-state index contributed by atoms with van der Waals surface area (Å²) in [6.45, 7) is 2.30. The summed E-state index contributed by atoms with van der Waals surface area (Å²) in [5, 5.41) is 9.20. The highest BCUT2D eigenvalue weighted by Gasteiger charge is 2.18. The van der Waals surface area contributed by atoms with Gasteiger partial charge in [-0.3, -0.25) is 4.79 Å². The molecule has 0 radical (unpaired) electrons. The van der Waals surface area contributed by atoms with Crippen LogP contribution in [0.25, 0.3) is 0 Å². The van der Waals surface area contributed by atoms with Gasteiger partial charge in [0.25, 0.3) is 0 Å². The number of carboxylic acids is 1. The van der Waals surface area contributed by atoms with Gasteiger partial charge < -0.3 is 5.11 Å². The van der Waals surface area contributed by atoms with Crippen LogP contribution in [0.2, 0.25) is 0 Å². The van der Waals surface area contributed by atoms with E-state index in [1.165, 1.54) is 25.7 Å². The number of aliphatic carboxylic acids is 1. The van der Waals surface area contributed by atoms with E-state index in [-0.39, 0.29) is 0 Å². The largest absolute Gasteiger partial charge is 0.481 e. The summed E-state index contributed by atoms with van der Waals surface area (Å²) in [6.07, 6.45) is 5.53. The Bertz CT molecular complexity index is 162. The molecular weight excluding hydrogens is 184 g/mol. The molecule has 1 aliphatic carbocycles. The first kappa shape index (κ1) is 10.9. The van der Waals surface area contributed by atoms with Crippen molar-refractivity contribution in [3.05, 3.63) is 0 Å². The molecule has 0 aromatic rings. The van der Waals surface area contributed by atoms with Gasteiger partial charge in [-0.05, 0) is 31.6 Å². The van der Waals surface area contributed by atoms with Gasteiger partial charge in [-0.15, -0.1) is 0 Å². The number of rotatable bonds is 4. The maximum Gasteiger partial charge on any atom is 0.304 e. The third-order valence-corrected chi connectivity index (χ3v) is 4.01. The maximum atomic E-state index is 10.3. The topological polar surface area (TPSA) is 37.3 Å². The van der Waals surface area contributed by atoms with Crippen LogP contribution in [0.3, 0.4) is 0 Å². The summed E-state index contributed by atoms with van der Waals surface area (Å²) < 4.78 is 0. The molecule has 76 valence electrons. The van der Waals surface area contributed by atoms with Crippen molar-refractivity contribution >= 4 is 17.7 Å². The van der Waals surface area contributed by atoms with Crippen molar-refractivity contribution in [2.45, 2.75) is 44.3 Å². The summed E-state index contributed by atoms with van der Waals surface area (Å²) in [5.74, 6) is 1.00. The Morgan fingerprint density at radius 1 is 1.38 bits per heavy atom. The van der Waals surface area contributed by atoms with E-state index in [2.05, 4.69) is 6.92 Å². The lowest BCUT2D eigenvalue weighted by molar-refractivity contribution is -0.136. The quantitative estimate of drug-likeness (QED) is 0.761. The van der Waals surface area contributed by atoms with Crippen molar-refractivity contribution in [1.82, 2.24) is 0 Å².